The van der Waals surface area contributed by atoms with Gasteiger partial charge in [-0.1, -0.05) is 10.3 Å². The normalized spacial score (nSPS) is 29.0. The fourth-order valence-corrected chi connectivity index (χ4v) is 7.19. The highest BCUT2D eigenvalue weighted by atomic mass is 32.2. The zero-order chi connectivity index (χ0) is 21.1. The molecule has 5 heterocycles. The van der Waals surface area contributed by atoms with Crippen LogP contribution in [0.1, 0.15) is 36.0 Å². The molecule has 3 aliphatic rings. The van der Waals surface area contributed by atoms with Crippen LogP contribution in [0.2, 0.25) is 0 Å². The van der Waals surface area contributed by atoms with Crippen molar-refractivity contribution in [2.75, 3.05) is 39.4 Å². The van der Waals surface area contributed by atoms with Crippen LogP contribution in [0.25, 0.3) is 0 Å². The summed E-state index contributed by atoms with van der Waals surface area (Å²) in [5, 5.41) is 7.84. The van der Waals surface area contributed by atoms with Gasteiger partial charge in [0, 0.05) is 51.4 Å². The van der Waals surface area contributed by atoms with Gasteiger partial charge in [-0.2, -0.15) is 9.29 Å². The minimum atomic E-state index is -3.73. The van der Waals surface area contributed by atoms with E-state index in [9.17, 15) is 8.42 Å². The van der Waals surface area contributed by atoms with E-state index in [1.807, 2.05) is 0 Å². The maximum atomic E-state index is 13.5. The molecule has 0 radical (unpaired) electrons. The van der Waals surface area contributed by atoms with Crippen LogP contribution in [0, 0.1) is 26.7 Å². The van der Waals surface area contributed by atoms with Crippen molar-refractivity contribution >= 4 is 10.0 Å². The van der Waals surface area contributed by atoms with Crippen molar-refractivity contribution in [2.45, 2.75) is 50.0 Å². The number of fused-ring (bicyclic) bond motifs is 1. The number of likely N-dealkylation sites (tertiary alicyclic amines) is 1. The van der Waals surface area contributed by atoms with Gasteiger partial charge in [0.1, 0.15) is 10.6 Å². The third kappa shape index (κ3) is 3.02. The summed E-state index contributed by atoms with van der Waals surface area (Å²) >= 11 is 0. The second kappa shape index (κ2) is 7.11. The lowest BCUT2D eigenvalue weighted by Crippen LogP contribution is -2.44. The Morgan fingerprint density at radius 1 is 1.03 bits per heavy atom. The van der Waals surface area contributed by atoms with E-state index in [1.165, 1.54) is 0 Å². The van der Waals surface area contributed by atoms with Crippen LogP contribution in [0.5, 0.6) is 0 Å². The topological polar surface area (TPSA) is 115 Å². The molecular weight excluding hydrogens is 410 g/mol. The first-order valence-electron chi connectivity index (χ1n) is 10.4. The number of nitrogens with zero attached hydrogens (tertiary/aromatic N) is 5. The van der Waals surface area contributed by atoms with Gasteiger partial charge >= 0.3 is 0 Å². The smallest absolute Gasteiger partial charge is 0.248 e. The zero-order valence-electron chi connectivity index (χ0n) is 17.5. The van der Waals surface area contributed by atoms with Gasteiger partial charge in [0.05, 0.1) is 5.41 Å². The summed E-state index contributed by atoms with van der Waals surface area (Å²) in [7, 11) is -3.73. The summed E-state index contributed by atoms with van der Waals surface area (Å²) in [5.74, 6) is 1.50. The largest absolute Gasteiger partial charge is 0.381 e. The third-order valence-electron chi connectivity index (χ3n) is 6.83. The fourth-order valence-electron chi connectivity index (χ4n) is 5.34. The van der Waals surface area contributed by atoms with Crippen molar-refractivity contribution in [3.8, 4) is 0 Å². The molecule has 0 aromatic carbocycles. The molecule has 3 aliphatic heterocycles. The number of rotatable bonds is 4. The molecule has 2 aromatic rings. The average molecular weight is 438 g/mol. The zero-order valence-corrected chi connectivity index (χ0v) is 18.3. The van der Waals surface area contributed by atoms with Crippen LogP contribution in [0.15, 0.2) is 13.9 Å². The average Bonchev–Trinajstić information content (AvgIpc) is 3.45. The highest BCUT2D eigenvalue weighted by Crippen LogP contribution is 2.47. The Morgan fingerprint density at radius 3 is 2.43 bits per heavy atom. The van der Waals surface area contributed by atoms with Crippen LogP contribution in [0.4, 0.5) is 0 Å². The van der Waals surface area contributed by atoms with E-state index < -0.39 is 15.4 Å². The molecule has 164 valence electrons. The van der Waals surface area contributed by atoms with Gasteiger partial charge in [-0.15, -0.1) is 0 Å². The van der Waals surface area contributed by atoms with Crippen LogP contribution in [-0.2, 0) is 20.2 Å². The molecule has 3 fully saturated rings. The van der Waals surface area contributed by atoms with Crippen molar-refractivity contribution in [3.05, 3.63) is 23.2 Å². The molecule has 3 saturated heterocycles. The second-order valence-corrected chi connectivity index (χ2v) is 10.6. The first-order chi connectivity index (χ1) is 14.3. The molecule has 0 aliphatic carbocycles. The molecule has 5 rings (SSSR count). The van der Waals surface area contributed by atoms with E-state index in [1.54, 1.807) is 25.1 Å². The molecule has 0 N–H and O–H groups in total. The van der Waals surface area contributed by atoms with Crippen LogP contribution < -0.4 is 0 Å². The lowest BCUT2D eigenvalue weighted by Gasteiger charge is -2.33. The summed E-state index contributed by atoms with van der Waals surface area (Å²) in [5.41, 5.74) is -0.123. The Balaban J connectivity index is 1.48. The van der Waals surface area contributed by atoms with Gasteiger partial charge in [-0.05, 0) is 33.6 Å². The van der Waals surface area contributed by atoms with Crippen molar-refractivity contribution in [2.24, 2.45) is 5.92 Å². The number of ether oxygens (including phenoxy) is 1. The Morgan fingerprint density at radius 2 is 1.80 bits per heavy atom. The van der Waals surface area contributed by atoms with E-state index in [2.05, 4.69) is 20.2 Å². The lowest BCUT2D eigenvalue weighted by atomic mass is 9.81. The Kier molecular flexibility index (Phi) is 4.77. The molecule has 2 atom stereocenters. The molecule has 0 amide bonds. The molecule has 0 spiro atoms. The van der Waals surface area contributed by atoms with Gasteiger partial charge in [0.15, 0.2) is 11.6 Å². The Bertz CT molecular complexity index is 1020. The van der Waals surface area contributed by atoms with Crippen LogP contribution in [0.3, 0.4) is 0 Å². The molecular formula is C19H27N5O5S. The van der Waals surface area contributed by atoms with Crippen molar-refractivity contribution in [1.82, 2.24) is 24.5 Å². The number of aryl methyl sites for hydroxylation is 3. The molecule has 2 aromatic heterocycles. The van der Waals surface area contributed by atoms with E-state index >= 15 is 0 Å². The fraction of sp³-hybridized carbons (Fsp3) is 0.737. The van der Waals surface area contributed by atoms with Gasteiger partial charge < -0.3 is 13.8 Å². The number of hydrogen-bond donors (Lipinski definition) is 0. The van der Waals surface area contributed by atoms with Crippen molar-refractivity contribution < 1.29 is 22.2 Å². The monoisotopic (exact) mass is 437 g/mol. The Labute approximate surface area is 175 Å². The molecule has 11 heteroatoms. The van der Waals surface area contributed by atoms with Gasteiger partial charge in [0.2, 0.25) is 15.9 Å². The quantitative estimate of drug-likeness (QED) is 0.692. The maximum absolute atomic E-state index is 13.5. The number of hydrogen-bond acceptors (Lipinski definition) is 9. The number of aromatic nitrogens is 3. The predicted octanol–water partition coefficient (Wildman–Crippen LogP) is 1.04. The van der Waals surface area contributed by atoms with E-state index in [0.717, 1.165) is 32.6 Å². The third-order valence-corrected chi connectivity index (χ3v) is 8.89. The first-order valence-corrected chi connectivity index (χ1v) is 11.8. The summed E-state index contributed by atoms with van der Waals surface area (Å²) in [6, 6.07) is 0.442. The molecule has 0 bridgehead atoms. The molecule has 0 unspecified atom stereocenters. The summed E-state index contributed by atoms with van der Waals surface area (Å²) < 4.78 is 44.7. The van der Waals surface area contributed by atoms with Gasteiger partial charge in [-0.25, -0.2) is 8.42 Å². The van der Waals surface area contributed by atoms with Crippen molar-refractivity contribution in [3.63, 3.8) is 0 Å². The Hall–Kier alpha value is -1.82. The summed E-state index contributed by atoms with van der Waals surface area (Å²) in [6.45, 7) is 8.85. The highest BCUT2D eigenvalue weighted by molar-refractivity contribution is 7.89. The summed E-state index contributed by atoms with van der Waals surface area (Å²) in [4.78, 5) is 7.17. The first kappa shape index (κ1) is 20.1. The molecule has 30 heavy (non-hydrogen) atoms. The maximum Gasteiger partial charge on any atom is 0.248 e. The molecule has 10 nitrogen and oxygen atoms in total. The second-order valence-electron chi connectivity index (χ2n) is 8.72. The SMILES string of the molecule is Cc1noc([C@@]23CN(C4CCOCC4)C[C@@H]2CN(S(=O)(=O)c2c(C)noc2C)C3)n1. The van der Waals surface area contributed by atoms with Crippen LogP contribution in [-0.4, -0.2) is 78.4 Å². The molecule has 0 saturated carbocycles. The van der Waals surface area contributed by atoms with Gasteiger partial charge in [-0.3, -0.25) is 4.90 Å². The van der Waals surface area contributed by atoms with E-state index in [-0.39, 0.29) is 10.8 Å². The standard InChI is InChI=1S/C19H27N5O5S/c1-12-17(13(2)28-21-12)30(25,26)24-9-15-8-23(16-4-6-27-7-5-16)10-19(15,11-24)18-20-14(3)22-29-18/h15-16H,4-11H2,1-3H3/t15-,19-/m1/s1. The van der Waals surface area contributed by atoms with E-state index in [4.69, 9.17) is 13.8 Å². The van der Waals surface area contributed by atoms with Gasteiger partial charge in [0.25, 0.3) is 0 Å². The predicted molar refractivity (Wildman–Crippen MR) is 104 cm³/mol. The minimum absolute atomic E-state index is 0.0791. The van der Waals surface area contributed by atoms with E-state index in [0.29, 0.717) is 48.8 Å². The summed E-state index contributed by atoms with van der Waals surface area (Å²) in [6.07, 6.45) is 1.99. The lowest BCUT2D eigenvalue weighted by molar-refractivity contribution is 0.0382. The van der Waals surface area contributed by atoms with Crippen LogP contribution >= 0.6 is 0 Å². The number of sulfonamides is 1. The van der Waals surface area contributed by atoms with Crippen molar-refractivity contribution in [1.29, 1.82) is 0 Å². The minimum Gasteiger partial charge on any atom is -0.381 e. The highest BCUT2D eigenvalue weighted by Gasteiger charge is 2.60.